The Morgan fingerprint density at radius 2 is 1.61 bits per heavy atom. The Hall–Kier alpha value is -2.48. The van der Waals surface area contributed by atoms with E-state index in [1.807, 2.05) is 6.92 Å². The fraction of sp³-hybridized carbons (Fsp3) is 0.0667. The van der Waals surface area contributed by atoms with Crippen LogP contribution in [0.15, 0.2) is 30.3 Å². The van der Waals surface area contributed by atoms with Crippen LogP contribution in [0, 0.1) is 30.2 Å². The van der Waals surface area contributed by atoms with Crippen LogP contribution in [0.1, 0.15) is 15.9 Å². The molecule has 8 heteroatoms. The minimum Gasteiger partial charge on any atom is -0.332 e. The van der Waals surface area contributed by atoms with Gasteiger partial charge in [0.2, 0.25) is 0 Å². The molecular formula is C15H10F4N2OS. The Labute approximate surface area is 134 Å². The van der Waals surface area contributed by atoms with Crippen LogP contribution in [0.25, 0.3) is 0 Å². The van der Waals surface area contributed by atoms with Crippen LogP contribution in [0.5, 0.6) is 0 Å². The second-order valence-electron chi connectivity index (χ2n) is 4.62. The Balaban J connectivity index is 2.13. The molecule has 1 amide bonds. The van der Waals surface area contributed by atoms with Gasteiger partial charge in [-0.05, 0) is 37.3 Å². The maximum atomic E-state index is 13.5. The van der Waals surface area contributed by atoms with E-state index in [9.17, 15) is 22.4 Å². The summed E-state index contributed by atoms with van der Waals surface area (Å²) in [5.74, 6) is -8.72. The topological polar surface area (TPSA) is 41.1 Å². The van der Waals surface area contributed by atoms with E-state index >= 15 is 0 Å². The SMILES string of the molecule is Cc1ccc(NC(=S)NC(=O)c2cc(F)c(F)c(F)c2F)cc1. The van der Waals surface area contributed by atoms with Crippen molar-refractivity contribution in [3.63, 3.8) is 0 Å². The molecular weight excluding hydrogens is 332 g/mol. The van der Waals surface area contributed by atoms with Crippen LogP contribution < -0.4 is 10.6 Å². The molecule has 0 unspecified atom stereocenters. The zero-order chi connectivity index (χ0) is 17.1. The largest absolute Gasteiger partial charge is 0.332 e. The molecule has 0 spiro atoms. The van der Waals surface area contributed by atoms with Crippen LogP contribution in [0.4, 0.5) is 23.2 Å². The summed E-state index contributed by atoms with van der Waals surface area (Å²) < 4.78 is 52.6. The number of aryl methyl sites for hydroxylation is 1. The van der Waals surface area contributed by atoms with Crippen LogP contribution in [-0.4, -0.2) is 11.0 Å². The summed E-state index contributed by atoms with van der Waals surface area (Å²) in [5.41, 5.74) is 0.567. The van der Waals surface area contributed by atoms with E-state index in [2.05, 4.69) is 10.6 Å². The first kappa shape index (κ1) is 16.9. The third-order valence-corrected chi connectivity index (χ3v) is 3.09. The fourth-order valence-electron chi connectivity index (χ4n) is 1.71. The monoisotopic (exact) mass is 342 g/mol. The second kappa shape index (κ2) is 6.74. The first-order valence-corrected chi connectivity index (χ1v) is 6.72. The van der Waals surface area contributed by atoms with E-state index < -0.39 is 34.7 Å². The quantitative estimate of drug-likeness (QED) is 0.379. The molecule has 0 aliphatic heterocycles. The van der Waals surface area contributed by atoms with Crippen molar-refractivity contribution in [2.75, 3.05) is 5.32 Å². The van der Waals surface area contributed by atoms with Gasteiger partial charge >= 0.3 is 0 Å². The van der Waals surface area contributed by atoms with Crippen LogP contribution in [-0.2, 0) is 0 Å². The molecule has 2 aromatic carbocycles. The van der Waals surface area contributed by atoms with Crippen LogP contribution >= 0.6 is 12.2 Å². The summed E-state index contributed by atoms with van der Waals surface area (Å²) in [6, 6.07) is 7.21. The lowest BCUT2D eigenvalue weighted by molar-refractivity contribution is 0.0971. The summed E-state index contributed by atoms with van der Waals surface area (Å²) in [6.07, 6.45) is 0. The van der Waals surface area contributed by atoms with Crippen molar-refractivity contribution in [2.45, 2.75) is 6.92 Å². The number of thiocarbonyl (C=S) groups is 1. The third-order valence-electron chi connectivity index (χ3n) is 2.88. The smallest absolute Gasteiger partial charge is 0.260 e. The molecule has 3 nitrogen and oxygen atoms in total. The molecule has 2 N–H and O–H groups in total. The lowest BCUT2D eigenvalue weighted by Crippen LogP contribution is -2.35. The molecule has 0 fully saturated rings. The summed E-state index contributed by atoms with van der Waals surface area (Å²) in [5, 5.41) is 4.50. The number of carbonyl (C=O) groups excluding carboxylic acids is 1. The highest BCUT2D eigenvalue weighted by molar-refractivity contribution is 7.80. The number of halogens is 4. The molecule has 2 aromatic rings. The number of benzene rings is 2. The molecule has 0 atom stereocenters. The average molecular weight is 342 g/mol. The predicted octanol–water partition coefficient (Wildman–Crippen LogP) is 3.68. The predicted molar refractivity (Wildman–Crippen MR) is 81.1 cm³/mol. The first-order chi connectivity index (χ1) is 10.8. The van der Waals surface area contributed by atoms with Crippen molar-refractivity contribution >= 4 is 28.9 Å². The molecule has 0 saturated carbocycles. The number of carbonyl (C=O) groups is 1. The molecule has 120 valence electrons. The summed E-state index contributed by atoms with van der Waals surface area (Å²) >= 11 is 4.85. The van der Waals surface area contributed by atoms with Gasteiger partial charge in [0.15, 0.2) is 28.4 Å². The molecule has 0 aliphatic carbocycles. The standard InChI is InChI=1S/C15H10F4N2OS/c1-7-2-4-8(5-3-7)20-15(23)21-14(22)9-6-10(16)12(18)13(19)11(9)17/h2-6H,1H3,(H2,20,21,22,23). The number of rotatable bonds is 2. The maximum Gasteiger partial charge on any atom is 0.260 e. The van der Waals surface area contributed by atoms with E-state index in [4.69, 9.17) is 12.2 Å². The van der Waals surface area contributed by atoms with Crippen molar-refractivity contribution in [1.29, 1.82) is 0 Å². The van der Waals surface area contributed by atoms with Gasteiger partial charge in [-0.1, -0.05) is 17.7 Å². The first-order valence-electron chi connectivity index (χ1n) is 6.31. The lowest BCUT2D eigenvalue weighted by atomic mass is 10.1. The highest BCUT2D eigenvalue weighted by atomic mass is 32.1. The van der Waals surface area contributed by atoms with E-state index in [0.717, 1.165) is 5.56 Å². The van der Waals surface area contributed by atoms with Gasteiger partial charge in [0, 0.05) is 5.69 Å². The number of hydrogen-bond acceptors (Lipinski definition) is 2. The van der Waals surface area contributed by atoms with Crippen molar-refractivity contribution in [1.82, 2.24) is 5.32 Å². The van der Waals surface area contributed by atoms with Gasteiger partial charge in [0.05, 0.1) is 5.56 Å². The van der Waals surface area contributed by atoms with Crippen molar-refractivity contribution < 1.29 is 22.4 Å². The highest BCUT2D eigenvalue weighted by Crippen LogP contribution is 2.18. The van der Waals surface area contributed by atoms with E-state index in [1.54, 1.807) is 24.3 Å². The van der Waals surface area contributed by atoms with Crippen LogP contribution in [0.2, 0.25) is 0 Å². The summed E-state index contributed by atoms with van der Waals surface area (Å²) in [4.78, 5) is 11.8. The van der Waals surface area contributed by atoms with E-state index in [1.165, 1.54) is 0 Å². The Kier molecular flexibility index (Phi) is 4.95. The zero-order valence-corrected chi connectivity index (χ0v) is 12.5. The van der Waals surface area contributed by atoms with Gasteiger partial charge in [-0.25, -0.2) is 17.6 Å². The number of anilines is 1. The molecule has 2 rings (SSSR count). The average Bonchev–Trinajstić information content (AvgIpc) is 2.51. The molecule has 0 aromatic heterocycles. The summed E-state index contributed by atoms with van der Waals surface area (Å²) in [6.45, 7) is 1.88. The number of nitrogens with one attached hydrogen (secondary N) is 2. The van der Waals surface area contributed by atoms with Gasteiger partial charge in [-0.15, -0.1) is 0 Å². The van der Waals surface area contributed by atoms with Gasteiger partial charge in [0.1, 0.15) is 0 Å². The van der Waals surface area contributed by atoms with Crippen molar-refractivity contribution in [3.8, 4) is 0 Å². The fourth-order valence-corrected chi connectivity index (χ4v) is 1.92. The van der Waals surface area contributed by atoms with Gasteiger partial charge in [-0.2, -0.15) is 0 Å². The molecule has 0 aliphatic rings. The normalized spacial score (nSPS) is 10.3. The second-order valence-corrected chi connectivity index (χ2v) is 5.03. The van der Waals surface area contributed by atoms with Crippen LogP contribution in [0.3, 0.4) is 0 Å². The Morgan fingerprint density at radius 3 is 2.22 bits per heavy atom. The number of amides is 1. The number of hydrogen-bond donors (Lipinski definition) is 2. The Morgan fingerprint density at radius 1 is 1.00 bits per heavy atom. The van der Waals surface area contributed by atoms with Crippen molar-refractivity contribution in [3.05, 3.63) is 64.7 Å². The summed E-state index contributed by atoms with van der Waals surface area (Å²) in [7, 11) is 0. The van der Waals surface area contributed by atoms with Crippen molar-refractivity contribution in [2.24, 2.45) is 0 Å². The maximum absolute atomic E-state index is 13.5. The van der Waals surface area contributed by atoms with Gasteiger partial charge < -0.3 is 5.32 Å². The minimum absolute atomic E-state index is 0.205. The van der Waals surface area contributed by atoms with Gasteiger partial charge in [0.25, 0.3) is 5.91 Å². The highest BCUT2D eigenvalue weighted by Gasteiger charge is 2.23. The van der Waals surface area contributed by atoms with Gasteiger partial charge in [-0.3, -0.25) is 10.1 Å². The van der Waals surface area contributed by atoms with E-state index in [0.29, 0.717) is 5.69 Å². The lowest BCUT2D eigenvalue weighted by Gasteiger charge is -2.10. The Bertz CT molecular complexity index is 778. The minimum atomic E-state index is -2.06. The molecule has 0 saturated heterocycles. The molecule has 23 heavy (non-hydrogen) atoms. The molecule has 0 heterocycles. The molecule has 0 bridgehead atoms. The molecule has 0 radical (unpaired) electrons. The zero-order valence-electron chi connectivity index (χ0n) is 11.7. The van der Waals surface area contributed by atoms with E-state index in [-0.39, 0.29) is 11.2 Å². The third kappa shape index (κ3) is 3.84.